The van der Waals surface area contributed by atoms with E-state index < -0.39 is 11.6 Å². The predicted octanol–water partition coefficient (Wildman–Crippen LogP) is 2.68. The first-order chi connectivity index (χ1) is 6.15. The van der Waals surface area contributed by atoms with Gasteiger partial charge in [0.2, 0.25) is 0 Å². The van der Waals surface area contributed by atoms with Crippen molar-refractivity contribution in [1.82, 2.24) is 0 Å². The number of carbonyl (C=O) groups excluding carboxylic acids is 1. The maximum atomic E-state index is 12.6. The van der Waals surface area contributed by atoms with Crippen LogP contribution in [-0.4, -0.2) is 11.4 Å². The molecule has 13 heavy (non-hydrogen) atoms. The Morgan fingerprint density at radius 3 is 2.38 bits per heavy atom. The van der Waals surface area contributed by atoms with Crippen LogP contribution in [0.2, 0.25) is 0 Å². The lowest BCUT2D eigenvalue weighted by molar-refractivity contribution is 0.112. The largest absolute Gasteiger partial charge is 0.504 e. The van der Waals surface area contributed by atoms with Crippen LogP contribution in [0.5, 0.6) is 5.75 Å². The van der Waals surface area contributed by atoms with E-state index in [1.165, 1.54) is 12.1 Å². The fourth-order valence-corrected chi connectivity index (χ4v) is 0.851. The van der Waals surface area contributed by atoms with Crippen molar-refractivity contribution < 1.29 is 14.3 Å². The van der Waals surface area contributed by atoms with Gasteiger partial charge in [-0.2, -0.15) is 0 Å². The van der Waals surface area contributed by atoms with Crippen molar-refractivity contribution in [2.75, 3.05) is 0 Å². The lowest BCUT2D eigenvalue weighted by Crippen LogP contribution is -1.87. The van der Waals surface area contributed by atoms with E-state index in [0.717, 1.165) is 0 Å². The molecule has 1 rings (SSSR count). The van der Waals surface area contributed by atoms with Gasteiger partial charge < -0.3 is 5.11 Å². The first-order valence-electron chi connectivity index (χ1n) is 4.09. The molecule has 0 radical (unpaired) electrons. The van der Waals surface area contributed by atoms with Gasteiger partial charge in [0.1, 0.15) is 0 Å². The van der Waals surface area contributed by atoms with E-state index in [-0.39, 0.29) is 5.56 Å². The summed E-state index contributed by atoms with van der Waals surface area (Å²) in [5, 5.41) is 8.92. The third-order valence-corrected chi connectivity index (χ3v) is 1.36. The maximum absolute atomic E-state index is 12.6. The molecule has 0 aliphatic heterocycles. The summed E-state index contributed by atoms with van der Waals surface area (Å²) < 4.78 is 12.6. The average Bonchev–Trinajstić information content (AvgIpc) is 2.14. The number of hydrogen-bond acceptors (Lipinski definition) is 2. The zero-order valence-corrected chi connectivity index (χ0v) is 7.97. The van der Waals surface area contributed by atoms with Gasteiger partial charge in [-0.05, 0) is 24.6 Å². The standard InChI is InChI=1S/C8H7FO2.C2H6/c1-5-2-6(4-10)8(11)7(9)3-5;1-2/h2-4,11H,1H3;1-2H3. The van der Waals surface area contributed by atoms with Gasteiger partial charge in [-0.15, -0.1) is 0 Å². The highest BCUT2D eigenvalue weighted by atomic mass is 19.1. The number of halogens is 1. The van der Waals surface area contributed by atoms with Gasteiger partial charge >= 0.3 is 0 Å². The van der Waals surface area contributed by atoms with Crippen molar-refractivity contribution in [3.63, 3.8) is 0 Å². The Morgan fingerprint density at radius 2 is 1.92 bits per heavy atom. The number of carbonyl (C=O) groups is 1. The quantitative estimate of drug-likeness (QED) is 0.681. The molecule has 0 saturated heterocycles. The number of phenolic OH excluding ortho intramolecular Hbond substituents is 1. The molecule has 1 aromatic rings. The van der Waals surface area contributed by atoms with Crippen LogP contribution in [0.15, 0.2) is 12.1 Å². The summed E-state index contributed by atoms with van der Waals surface area (Å²) in [7, 11) is 0. The van der Waals surface area contributed by atoms with Gasteiger partial charge in [0.15, 0.2) is 17.9 Å². The molecule has 0 saturated carbocycles. The number of aryl methyl sites for hydroxylation is 1. The minimum atomic E-state index is -0.757. The lowest BCUT2D eigenvalue weighted by atomic mass is 10.1. The predicted molar refractivity (Wildman–Crippen MR) is 49.5 cm³/mol. The molecular weight excluding hydrogens is 171 g/mol. The number of hydrogen-bond donors (Lipinski definition) is 1. The van der Waals surface area contributed by atoms with Crippen LogP contribution in [0.1, 0.15) is 29.8 Å². The summed E-state index contributed by atoms with van der Waals surface area (Å²) in [6.45, 7) is 5.65. The molecule has 2 nitrogen and oxygen atoms in total. The smallest absolute Gasteiger partial charge is 0.165 e. The molecule has 0 spiro atoms. The third kappa shape index (κ3) is 2.86. The van der Waals surface area contributed by atoms with Crippen molar-refractivity contribution >= 4 is 6.29 Å². The maximum Gasteiger partial charge on any atom is 0.165 e. The molecule has 0 fully saturated rings. The summed E-state index contributed by atoms with van der Waals surface area (Å²) in [5.41, 5.74) is 0.602. The van der Waals surface area contributed by atoms with E-state index in [2.05, 4.69) is 0 Å². The molecule has 0 atom stereocenters. The number of rotatable bonds is 1. The van der Waals surface area contributed by atoms with Gasteiger partial charge in [0.25, 0.3) is 0 Å². The second-order valence-electron chi connectivity index (χ2n) is 2.30. The van der Waals surface area contributed by atoms with Crippen molar-refractivity contribution in [1.29, 1.82) is 0 Å². The second-order valence-corrected chi connectivity index (χ2v) is 2.30. The molecule has 72 valence electrons. The van der Waals surface area contributed by atoms with Crippen molar-refractivity contribution in [3.05, 3.63) is 29.1 Å². The molecule has 0 amide bonds. The summed E-state index contributed by atoms with van der Waals surface area (Å²) in [5.74, 6) is -1.34. The Kier molecular flexibility index (Phi) is 4.74. The Hall–Kier alpha value is -1.38. The Labute approximate surface area is 77.0 Å². The second kappa shape index (κ2) is 5.30. The highest BCUT2D eigenvalue weighted by molar-refractivity contribution is 5.79. The SMILES string of the molecule is CC.Cc1cc(F)c(O)c(C=O)c1. The summed E-state index contributed by atoms with van der Waals surface area (Å²) in [6.07, 6.45) is 0.422. The fraction of sp³-hybridized carbons (Fsp3) is 0.300. The Balaban J connectivity index is 0.000000671. The van der Waals surface area contributed by atoms with Gasteiger partial charge in [-0.1, -0.05) is 13.8 Å². The number of aromatic hydroxyl groups is 1. The monoisotopic (exact) mass is 184 g/mol. The molecule has 0 aliphatic carbocycles. The molecule has 3 heteroatoms. The summed E-state index contributed by atoms with van der Waals surface area (Å²) >= 11 is 0. The number of aldehydes is 1. The highest BCUT2D eigenvalue weighted by Gasteiger charge is 2.06. The Morgan fingerprint density at radius 1 is 1.38 bits per heavy atom. The first-order valence-corrected chi connectivity index (χ1v) is 4.09. The van der Waals surface area contributed by atoms with Crippen molar-refractivity contribution in [2.24, 2.45) is 0 Å². The molecule has 0 heterocycles. The molecule has 0 aromatic heterocycles. The van der Waals surface area contributed by atoms with Gasteiger partial charge in [-0.3, -0.25) is 4.79 Å². The summed E-state index contributed by atoms with van der Waals surface area (Å²) in [6, 6.07) is 2.59. The first kappa shape index (κ1) is 11.6. The lowest BCUT2D eigenvalue weighted by Gasteiger charge is -1.99. The van der Waals surface area contributed by atoms with Crippen LogP contribution in [0, 0.1) is 12.7 Å². The van der Waals surface area contributed by atoms with Gasteiger partial charge in [-0.25, -0.2) is 4.39 Å². The molecule has 1 N–H and O–H groups in total. The van der Waals surface area contributed by atoms with Gasteiger partial charge in [0, 0.05) is 0 Å². The molecule has 1 aromatic carbocycles. The van der Waals surface area contributed by atoms with Crippen LogP contribution >= 0.6 is 0 Å². The fourth-order valence-electron chi connectivity index (χ4n) is 0.851. The minimum absolute atomic E-state index is 0.0116. The normalized spacial score (nSPS) is 8.62. The van der Waals surface area contributed by atoms with Crippen LogP contribution in [0.3, 0.4) is 0 Å². The molecule has 0 aliphatic rings. The average molecular weight is 184 g/mol. The van der Waals surface area contributed by atoms with E-state index in [1.807, 2.05) is 13.8 Å². The van der Waals surface area contributed by atoms with Gasteiger partial charge in [0.05, 0.1) is 5.56 Å². The zero-order chi connectivity index (χ0) is 10.4. The summed E-state index contributed by atoms with van der Waals surface area (Å²) in [4.78, 5) is 10.2. The number of phenols is 1. The van der Waals surface area contributed by atoms with E-state index in [1.54, 1.807) is 6.92 Å². The third-order valence-electron chi connectivity index (χ3n) is 1.36. The van der Waals surface area contributed by atoms with Crippen molar-refractivity contribution in [3.8, 4) is 5.75 Å². The van der Waals surface area contributed by atoms with Crippen molar-refractivity contribution in [2.45, 2.75) is 20.8 Å². The topological polar surface area (TPSA) is 37.3 Å². The van der Waals surface area contributed by atoms with Crippen LogP contribution in [0.4, 0.5) is 4.39 Å². The van der Waals surface area contributed by atoms with Crippen LogP contribution in [-0.2, 0) is 0 Å². The number of benzene rings is 1. The van der Waals surface area contributed by atoms with Crippen LogP contribution < -0.4 is 0 Å². The van der Waals surface area contributed by atoms with E-state index in [4.69, 9.17) is 5.11 Å². The molecule has 0 bridgehead atoms. The Bertz CT molecular complexity index is 295. The minimum Gasteiger partial charge on any atom is -0.504 e. The van der Waals surface area contributed by atoms with E-state index in [9.17, 15) is 9.18 Å². The van der Waals surface area contributed by atoms with E-state index >= 15 is 0 Å². The van der Waals surface area contributed by atoms with Crippen LogP contribution in [0.25, 0.3) is 0 Å². The highest BCUT2D eigenvalue weighted by Crippen LogP contribution is 2.20. The zero-order valence-electron chi connectivity index (χ0n) is 7.97. The molecular formula is C10H13FO2. The van der Waals surface area contributed by atoms with E-state index in [0.29, 0.717) is 11.8 Å². The molecule has 0 unspecified atom stereocenters.